The molecule has 0 unspecified atom stereocenters. The number of amidine groups is 1. The van der Waals surface area contributed by atoms with Gasteiger partial charge in [0.25, 0.3) is 0 Å². The predicted molar refractivity (Wildman–Crippen MR) is 110 cm³/mol. The summed E-state index contributed by atoms with van der Waals surface area (Å²) in [6.45, 7) is 2.12. The summed E-state index contributed by atoms with van der Waals surface area (Å²) in [5.74, 6) is 0.357. The second-order valence-corrected chi connectivity index (χ2v) is 6.68. The Bertz CT molecular complexity index is 971. The molecule has 4 heteroatoms. The summed E-state index contributed by atoms with van der Waals surface area (Å²) in [5.41, 5.74) is 1.60. The number of aliphatic imine (C=N–C) groups is 1. The maximum Gasteiger partial charge on any atom is 0.339 e. The highest BCUT2D eigenvalue weighted by atomic mass is 16.5. The highest BCUT2D eigenvalue weighted by Crippen LogP contribution is 2.43. The standard InChI is InChI=1S/C24H22N2O2/c1-2-28-23(27)24(20-16-10-5-11-17-20)21(18-12-6-3-7-13-18)25-22(26-24)19-14-8-4-9-15-19/h3-17,21H,2H2,1H3,(H,25,26)/t21-,24-/m1/s1. The van der Waals surface area contributed by atoms with Crippen LogP contribution in [0.4, 0.5) is 0 Å². The molecular formula is C24H22N2O2. The molecule has 0 aromatic heterocycles. The van der Waals surface area contributed by atoms with Gasteiger partial charge in [-0.3, -0.25) is 4.99 Å². The summed E-state index contributed by atoms with van der Waals surface area (Å²) in [6, 6.07) is 29.0. The Balaban J connectivity index is 1.91. The minimum atomic E-state index is -1.12. The molecule has 0 spiro atoms. The molecular weight excluding hydrogens is 348 g/mol. The fraction of sp³-hybridized carbons (Fsp3) is 0.167. The molecule has 3 aromatic carbocycles. The Kier molecular flexibility index (Phi) is 4.94. The highest BCUT2D eigenvalue weighted by molar-refractivity contribution is 6.05. The van der Waals surface area contributed by atoms with Gasteiger partial charge in [-0.2, -0.15) is 0 Å². The van der Waals surface area contributed by atoms with E-state index in [-0.39, 0.29) is 5.97 Å². The van der Waals surface area contributed by atoms with Crippen LogP contribution in [-0.4, -0.2) is 18.4 Å². The lowest BCUT2D eigenvalue weighted by Gasteiger charge is -2.33. The van der Waals surface area contributed by atoms with E-state index < -0.39 is 11.6 Å². The number of hydrogen-bond acceptors (Lipinski definition) is 4. The van der Waals surface area contributed by atoms with Crippen molar-refractivity contribution in [1.29, 1.82) is 0 Å². The van der Waals surface area contributed by atoms with Gasteiger partial charge in [-0.05, 0) is 18.1 Å². The molecule has 0 amide bonds. The number of nitrogens with one attached hydrogen (secondary N) is 1. The van der Waals surface area contributed by atoms with Gasteiger partial charge in [-0.1, -0.05) is 91.0 Å². The van der Waals surface area contributed by atoms with Crippen LogP contribution in [0.15, 0.2) is 96.0 Å². The van der Waals surface area contributed by atoms with Crippen LogP contribution < -0.4 is 5.32 Å². The van der Waals surface area contributed by atoms with E-state index >= 15 is 0 Å². The summed E-state index contributed by atoms with van der Waals surface area (Å²) in [6.07, 6.45) is 0. The molecule has 0 fully saturated rings. The molecule has 1 heterocycles. The molecule has 140 valence electrons. The number of rotatable bonds is 5. The zero-order valence-corrected chi connectivity index (χ0v) is 15.7. The molecule has 0 saturated carbocycles. The van der Waals surface area contributed by atoms with Crippen molar-refractivity contribution in [3.8, 4) is 0 Å². The van der Waals surface area contributed by atoms with E-state index in [0.717, 1.165) is 16.7 Å². The summed E-state index contributed by atoms with van der Waals surface area (Å²) in [7, 11) is 0. The number of ether oxygens (including phenoxy) is 1. The van der Waals surface area contributed by atoms with Crippen LogP contribution >= 0.6 is 0 Å². The van der Waals surface area contributed by atoms with Crippen LogP contribution in [0.2, 0.25) is 0 Å². The van der Waals surface area contributed by atoms with Crippen molar-refractivity contribution < 1.29 is 9.53 Å². The average molecular weight is 370 g/mol. The first-order chi connectivity index (χ1) is 13.8. The first-order valence-corrected chi connectivity index (χ1v) is 9.45. The van der Waals surface area contributed by atoms with Crippen LogP contribution in [0.25, 0.3) is 0 Å². The maximum atomic E-state index is 13.4. The van der Waals surface area contributed by atoms with Gasteiger partial charge >= 0.3 is 5.97 Å². The van der Waals surface area contributed by atoms with E-state index in [0.29, 0.717) is 12.4 Å². The zero-order valence-electron chi connectivity index (χ0n) is 15.7. The topological polar surface area (TPSA) is 50.7 Å². The van der Waals surface area contributed by atoms with Gasteiger partial charge in [0.1, 0.15) is 11.9 Å². The molecule has 1 aliphatic rings. The van der Waals surface area contributed by atoms with Crippen molar-refractivity contribution in [3.63, 3.8) is 0 Å². The highest BCUT2D eigenvalue weighted by Gasteiger charge is 2.54. The lowest BCUT2D eigenvalue weighted by molar-refractivity contribution is -0.151. The first-order valence-electron chi connectivity index (χ1n) is 9.45. The van der Waals surface area contributed by atoms with E-state index in [9.17, 15) is 4.79 Å². The lowest BCUT2D eigenvalue weighted by atomic mass is 9.80. The van der Waals surface area contributed by atoms with Crippen molar-refractivity contribution in [2.24, 2.45) is 4.99 Å². The fourth-order valence-electron chi connectivity index (χ4n) is 3.67. The quantitative estimate of drug-likeness (QED) is 0.684. The average Bonchev–Trinajstić information content (AvgIpc) is 3.18. The second-order valence-electron chi connectivity index (χ2n) is 6.68. The largest absolute Gasteiger partial charge is 0.464 e. The Morgan fingerprint density at radius 3 is 2.11 bits per heavy atom. The molecule has 2 atom stereocenters. The van der Waals surface area contributed by atoms with Crippen LogP contribution in [0.3, 0.4) is 0 Å². The summed E-state index contributed by atoms with van der Waals surface area (Å²) in [4.78, 5) is 18.3. The van der Waals surface area contributed by atoms with Crippen molar-refractivity contribution in [3.05, 3.63) is 108 Å². The van der Waals surface area contributed by atoms with Gasteiger partial charge in [-0.25, -0.2) is 4.79 Å². The molecule has 28 heavy (non-hydrogen) atoms. The summed E-state index contributed by atoms with van der Waals surface area (Å²) >= 11 is 0. The third kappa shape index (κ3) is 3.07. The number of carbonyl (C=O) groups excluding carboxylic acids is 1. The molecule has 4 nitrogen and oxygen atoms in total. The Labute approximate surface area is 164 Å². The lowest BCUT2D eigenvalue weighted by Crippen LogP contribution is -2.52. The molecule has 0 aliphatic carbocycles. The third-order valence-corrected chi connectivity index (χ3v) is 4.97. The smallest absolute Gasteiger partial charge is 0.339 e. The van der Waals surface area contributed by atoms with Crippen molar-refractivity contribution in [1.82, 2.24) is 5.32 Å². The minimum Gasteiger partial charge on any atom is -0.464 e. The monoisotopic (exact) mass is 370 g/mol. The molecule has 0 bridgehead atoms. The maximum absolute atomic E-state index is 13.4. The van der Waals surface area contributed by atoms with Gasteiger partial charge in [0.2, 0.25) is 0 Å². The van der Waals surface area contributed by atoms with Crippen LogP contribution in [0.1, 0.15) is 29.7 Å². The van der Waals surface area contributed by atoms with E-state index in [1.54, 1.807) is 0 Å². The van der Waals surface area contributed by atoms with Crippen LogP contribution in [0.5, 0.6) is 0 Å². The number of esters is 1. The van der Waals surface area contributed by atoms with E-state index in [2.05, 4.69) is 5.32 Å². The predicted octanol–water partition coefficient (Wildman–Crippen LogP) is 4.24. The summed E-state index contributed by atoms with van der Waals surface area (Å²) < 4.78 is 5.54. The van der Waals surface area contributed by atoms with Crippen LogP contribution in [0, 0.1) is 0 Å². The van der Waals surface area contributed by atoms with Gasteiger partial charge in [0.05, 0.1) is 6.61 Å². The third-order valence-electron chi connectivity index (χ3n) is 4.97. The SMILES string of the molecule is CCOC(=O)[C@]1(c2ccccc2)NC(c2ccccc2)=N[C@@H]1c1ccccc1. The van der Waals surface area contributed by atoms with Gasteiger partial charge in [0.15, 0.2) is 5.54 Å². The number of carbonyl (C=O) groups is 1. The van der Waals surface area contributed by atoms with Crippen molar-refractivity contribution >= 4 is 11.8 Å². The van der Waals surface area contributed by atoms with Gasteiger partial charge in [0, 0.05) is 5.56 Å². The zero-order chi connectivity index (χ0) is 19.4. The Morgan fingerprint density at radius 2 is 1.50 bits per heavy atom. The minimum absolute atomic E-state index is 0.303. The van der Waals surface area contributed by atoms with Gasteiger partial charge in [-0.15, -0.1) is 0 Å². The molecule has 3 aromatic rings. The summed E-state index contributed by atoms with van der Waals surface area (Å²) in [5, 5.41) is 3.45. The van der Waals surface area contributed by atoms with E-state index in [4.69, 9.17) is 9.73 Å². The Morgan fingerprint density at radius 1 is 0.929 bits per heavy atom. The van der Waals surface area contributed by atoms with Gasteiger partial charge < -0.3 is 10.1 Å². The normalized spacial score (nSPS) is 20.9. The fourth-order valence-corrected chi connectivity index (χ4v) is 3.67. The number of nitrogens with zero attached hydrogens (tertiary/aromatic N) is 1. The van der Waals surface area contributed by atoms with Crippen LogP contribution in [-0.2, 0) is 15.1 Å². The molecule has 0 radical (unpaired) electrons. The molecule has 4 rings (SSSR count). The van der Waals surface area contributed by atoms with E-state index in [1.165, 1.54) is 0 Å². The first kappa shape index (κ1) is 18.0. The molecule has 1 aliphatic heterocycles. The van der Waals surface area contributed by atoms with E-state index in [1.807, 2.05) is 97.9 Å². The molecule has 0 saturated heterocycles. The Hall–Kier alpha value is -3.40. The molecule has 1 N–H and O–H groups in total. The van der Waals surface area contributed by atoms with Crippen molar-refractivity contribution in [2.45, 2.75) is 18.5 Å². The van der Waals surface area contributed by atoms with Crippen molar-refractivity contribution in [2.75, 3.05) is 6.61 Å². The second kappa shape index (κ2) is 7.69. The number of hydrogen-bond donors (Lipinski definition) is 1. The number of benzene rings is 3.